The minimum absolute atomic E-state index is 0.159. The maximum Gasteiger partial charge on any atom is 0.126 e. The highest BCUT2D eigenvalue weighted by Gasteiger charge is 2.34. The summed E-state index contributed by atoms with van der Waals surface area (Å²) in [5, 5.41) is 0. The second kappa shape index (κ2) is 2.63. The fourth-order valence-electron chi connectivity index (χ4n) is 2.12. The summed E-state index contributed by atoms with van der Waals surface area (Å²) in [5.74, 6) is 1.00. The third-order valence-electron chi connectivity index (χ3n) is 2.81. The van der Waals surface area contributed by atoms with Gasteiger partial charge in [0.15, 0.2) is 0 Å². The van der Waals surface area contributed by atoms with Crippen molar-refractivity contribution in [1.82, 2.24) is 0 Å². The smallest absolute Gasteiger partial charge is 0.126 e. The summed E-state index contributed by atoms with van der Waals surface area (Å²) in [6.45, 7) is 2.06. The first-order chi connectivity index (χ1) is 5.72. The fourth-order valence-corrected chi connectivity index (χ4v) is 2.12. The highest BCUT2D eigenvalue weighted by molar-refractivity contribution is 5.23. The van der Waals surface area contributed by atoms with Crippen LogP contribution in [0.1, 0.15) is 37.0 Å². The minimum Gasteiger partial charge on any atom is -0.467 e. The van der Waals surface area contributed by atoms with E-state index in [2.05, 4.69) is 6.92 Å². The van der Waals surface area contributed by atoms with Gasteiger partial charge >= 0.3 is 0 Å². The quantitative estimate of drug-likeness (QED) is 0.693. The van der Waals surface area contributed by atoms with Crippen LogP contribution in [-0.4, -0.2) is 0 Å². The largest absolute Gasteiger partial charge is 0.467 e. The van der Waals surface area contributed by atoms with Crippen LogP contribution in [0.15, 0.2) is 16.7 Å². The number of furan rings is 1. The molecule has 0 saturated heterocycles. The molecule has 2 N–H and O–H groups in total. The lowest BCUT2D eigenvalue weighted by molar-refractivity contribution is 0.347. The molecule has 1 saturated carbocycles. The van der Waals surface area contributed by atoms with E-state index in [4.69, 9.17) is 10.2 Å². The van der Waals surface area contributed by atoms with Crippen LogP contribution in [0.3, 0.4) is 0 Å². The third-order valence-corrected chi connectivity index (χ3v) is 2.81. The Bertz CT molecular complexity index is 271. The van der Waals surface area contributed by atoms with Crippen LogP contribution in [0.25, 0.3) is 0 Å². The predicted octanol–water partition coefficient (Wildman–Crippen LogP) is 2.32. The van der Waals surface area contributed by atoms with Gasteiger partial charge in [-0.15, -0.1) is 0 Å². The summed E-state index contributed by atoms with van der Waals surface area (Å²) < 4.78 is 5.43. The average Bonchev–Trinajstić information content (AvgIpc) is 2.59. The van der Waals surface area contributed by atoms with Crippen LogP contribution in [-0.2, 0) is 5.54 Å². The van der Waals surface area contributed by atoms with Gasteiger partial charge in [-0.2, -0.15) is 0 Å². The third kappa shape index (κ3) is 1.07. The maximum absolute atomic E-state index is 6.23. The Kier molecular flexibility index (Phi) is 1.72. The van der Waals surface area contributed by atoms with Gasteiger partial charge in [-0.3, -0.25) is 0 Å². The van der Waals surface area contributed by atoms with Crippen LogP contribution in [0, 0.1) is 6.92 Å². The standard InChI is InChI=1S/C10H15NO/c1-8-4-7-12-9(8)10(11)5-2-3-6-10/h4,7H,2-3,5-6,11H2,1H3. The Hall–Kier alpha value is -0.760. The monoisotopic (exact) mass is 165 g/mol. The summed E-state index contributed by atoms with van der Waals surface area (Å²) >= 11 is 0. The Morgan fingerprint density at radius 3 is 2.58 bits per heavy atom. The molecule has 66 valence electrons. The molecular weight excluding hydrogens is 150 g/mol. The van der Waals surface area contributed by atoms with E-state index >= 15 is 0 Å². The van der Waals surface area contributed by atoms with Gasteiger partial charge in [0.25, 0.3) is 0 Å². The van der Waals surface area contributed by atoms with Crippen LogP contribution >= 0.6 is 0 Å². The van der Waals surface area contributed by atoms with Gasteiger partial charge in [0, 0.05) is 0 Å². The van der Waals surface area contributed by atoms with Crippen molar-refractivity contribution in [1.29, 1.82) is 0 Å². The highest BCUT2D eigenvalue weighted by atomic mass is 16.3. The van der Waals surface area contributed by atoms with Gasteiger partial charge < -0.3 is 10.2 Å². The molecule has 1 fully saturated rings. The molecule has 0 amide bonds. The highest BCUT2D eigenvalue weighted by Crippen LogP contribution is 2.37. The van der Waals surface area contributed by atoms with E-state index in [-0.39, 0.29) is 5.54 Å². The van der Waals surface area contributed by atoms with Gasteiger partial charge in [-0.05, 0) is 31.4 Å². The van der Waals surface area contributed by atoms with Gasteiger partial charge in [0.1, 0.15) is 5.76 Å². The number of hydrogen-bond acceptors (Lipinski definition) is 2. The first-order valence-electron chi connectivity index (χ1n) is 4.56. The Labute approximate surface area is 72.7 Å². The molecule has 0 aliphatic heterocycles. The molecule has 1 heterocycles. The lowest BCUT2D eigenvalue weighted by Gasteiger charge is -2.21. The molecule has 0 aromatic carbocycles. The van der Waals surface area contributed by atoms with Gasteiger partial charge in [-0.25, -0.2) is 0 Å². The fraction of sp³-hybridized carbons (Fsp3) is 0.600. The van der Waals surface area contributed by atoms with E-state index < -0.39 is 0 Å². The molecule has 0 spiro atoms. The van der Waals surface area contributed by atoms with E-state index in [9.17, 15) is 0 Å². The zero-order valence-corrected chi connectivity index (χ0v) is 7.47. The number of hydrogen-bond donors (Lipinski definition) is 1. The molecular formula is C10H15NO. The van der Waals surface area contributed by atoms with E-state index in [1.165, 1.54) is 18.4 Å². The lowest BCUT2D eigenvalue weighted by Crippen LogP contribution is -2.33. The molecule has 1 aliphatic carbocycles. The van der Waals surface area contributed by atoms with E-state index in [1.807, 2.05) is 6.07 Å². The summed E-state index contributed by atoms with van der Waals surface area (Å²) in [5.41, 5.74) is 7.27. The summed E-state index contributed by atoms with van der Waals surface area (Å²) in [4.78, 5) is 0. The zero-order chi connectivity index (χ0) is 8.60. The molecule has 1 aliphatic rings. The van der Waals surface area contributed by atoms with Crippen molar-refractivity contribution in [2.75, 3.05) is 0 Å². The van der Waals surface area contributed by atoms with Gasteiger partial charge in [0.05, 0.1) is 11.8 Å². The van der Waals surface area contributed by atoms with Crippen molar-refractivity contribution in [3.63, 3.8) is 0 Å². The molecule has 12 heavy (non-hydrogen) atoms. The zero-order valence-electron chi connectivity index (χ0n) is 7.47. The van der Waals surface area contributed by atoms with Gasteiger partial charge in [-0.1, -0.05) is 12.8 Å². The van der Waals surface area contributed by atoms with Crippen LogP contribution < -0.4 is 5.73 Å². The summed E-state index contributed by atoms with van der Waals surface area (Å²) in [6.07, 6.45) is 6.34. The van der Waals surface area contributed by atoms with E-state index in [0.717, 1.165) is 18.6 Å². The molecule has 2 nitrogen and oxygen atoms in total. The van der Waals surface area contributed by atoms with Crippen molar-refractivity contribution in [3.8, 4) is 0 Å². The number of aryl methyl sites for hydroxylation is 1. The predicted molar refractivity (Wildman–Crippen MR) is 47.8 cm³/mol. The molecule has 0 bridgehead atoms. The first kappa shape index (κ1) is 7.87. The molecule has 2 rings (SSSR count). The van der Waals surface area contributed by atoms with Crippen molar-refractivity contribution in [3.05, 3.63) is 23.7 Å². The topological polar surface area (TPSA) is 39.2 Å². The number of nitrogens with two attached hydrogens (primary N) is 1. The molecule has 0 radical (unpaired) electrons. The van der Waals surface area contributed by atoms with Crippen LogP contribution in [0.5, 0.6) is 0 Å². The van der Waals surface area contributed by atoms with Crippen molar-refractivity contribution < 1.29 is 4.42 Å². The molecule has 2 heteroatoms. The maximum atomic E-state index is 6.23. The number of rotatable bonds is 1. The molecule has 0 unspecified atom stereocenters. The van der Waals surface area contributed by atoms with Crippen molar-refractivity contribution >= 4 is 0 Å². The molecule has 1 aromatic heterocycles. The Morgan fingerprint density at radius 1 is 1.42 bits per heavy atom. The minimum atomic E-state index is -0.159. The van der Waals surface area contributed by atoms with Crippen molar-refractivity contribution in [2.45, 2.75) is 38.1 Å². The summed E-state index contributed by atoms with van der Waals surface area (Å²) in [7, 11) is 0. The second-order valence-electron chi connectivity index (χ2n) is 3.80. The second-order valence-corrected chi connectivity index (χ2v) is 3.80. The first-order valence-corrected chi connectivity index (χ1v) is 4.56. The lowest BCUT2D eigenvalue weighted by atomic mass is 9.93. The average molecular weight is 165 g/mol. The van der Waals surface area contributed by atoms with E-state index in [1.54, 1.807) is 6.26 Å². The molecule has 0 atom stereocenters. The van der Waals surface area contributed by atoms with E-state index in [0.29, 0.717) is 0 Å². The van der Waals surface area contributed by atoms with Gasteiger partial charge in [0.2, 0.25) is 0 Å². The van der Waals surface area contributed by atoms with Crippen LogP contribution in [0.4, 0.5) is 0 Å². The Morgan fingerprint density at radius 2 is 2.08 bits per heavy atom. The van der Waals surface area contributed by atoms with Crippen molar-refractivity contribution in [2.24, 2.45) is 5.73 Å². The van der Waals surface area contributed by atoms with Crippen LogP contribution in [0.2, 0.25) is 0 Å². The Balaban J connectivity index is 2.34. The summed E-state index contributed by atoms with van der Waals surface area (Å²) in [6, 6.07) is 1.99. The normalized spacial score (nSPS) is 21.5. The SMILES string of the molecule is Cc1ccoc1C1(N)CCCC1. The molecule has 1 aromatic rings.